The topological polar surface area (TPSA) is 64.0 Å². The summed E-state index contributed by atoms with van der Waals surface area (Å²) in [6, 6.07) is 15.7. The zero-order valence-electron chi connectivity index (χ0n) is 13.0. The summed E-state index contributed by atoms with van der Waals surface area (Å²) in [5.74, 6) is 1.51. The van der Waals surface area contributed by atoms with Gasteiger partial charge in [-0.25, -0.2) is 0 Å². The Balaban J connectivity index is 1.94. The fraction of sp³-hybridized carbons (Fsp3) is 0.333. The Morgan fingerprint density at radius 1 is 1.17 bits per heavy atom. The van der Waals surface area contributed by atoms with E-state index in [2.05, 4.69) is 12.1 Å². The first-order valence-electron chi connectivity index (χ1n) is 7.42. The summed E-state index contributed by atoms with van der Waals surface area (Å²) in [4.78, 5) is 2.04. The summed E-state index contributed by atoms with van der Waals surface area (Å²) >= 11 is 5.89. The van der Waals surface area contributed by atoms with Gasteiger partial charge in [0.1, 0.15) is 11.5 Å². The molecule has 0 N–H and O–H groups in total. The molecule has 0 bridgehead atoms. The highest BCUT2D eigenvalue weighted by molar-refractivity contribution is 6.30. The van der Waals surface area contributed by atoms with Gasteiger partial charge in [0, 0.05) is 23.6 Å². The third kappa shape index (κ3) is 5.14. The molecular weight excluding hydrogens is 310 g/mol. The summed E-state index contributed by atoms with van der Waals surface area (Å²) in [6.45, 7) is 1.24. The van der Waals surface area contributed by atoms with Crippen molar-refractivity contribution >= 4 is 11.6 Å². The number of benzene rings is 1. The number of nitrogens with zero attached hydrogens (tertiary/aromatic N) is 3. The average molecular weight is 328 g/mol. The van der Waals surface area contributed by atoms with Gasteiger partial charge in [0.25, 0.3) is 0 Å². The molecule has 23 heavy (non-hydrogen) atoms. The number of nitriles is 2. The average Bonchev–Trinajstić information content (AvgIpc) is 3.00. The van der Waals surface area contributed by atoms with Crippen LogP contribution in [-0.4, -0.2) is 18.5 Å². The molecule has 0 radical (unpaired) electrons. The van der Waals surface area contributed by atoms with Gasteiger partial charge in [-0.3, -0.25) is 4.90 Å². The van der Waals surface area contributed by atoms with E-state index in [-0.39, 0.29) is 5.92 Å². The highest BCUT2D eigenvalue weighted by Crippen LogP contribution is 2.24. The number of rotatable bonds is 7. The molecule has 1 atom stereocenters. The van der Waals surface area contributed by atoms with Crippen LogP contribution in [0.4, 0.5) is 0 Å². The van der Waals surface area contributed by atoms with Gasteiger partial charge in [-0.15, -0.1) is 0 Å². The lowest BCUT2D eigenvalue weighted by molar-refractivity contribution is 0.267. The molecule has 0 aliphatic rings. The maximum absolute atomic E-state index is 9.12. The van der Waals surface area contributed by atoms with Gasteiger partial charge in [-0.1, -0.05) is 11.6 Å². The Morgan fingerprint density at radius 3 is 2.57 bits per heavy atom. The van der Waals surface area contributed by atoms with Crippen molar-refractivity contribution in [1.82, 2.24) is 4.90 Å². The zero-order valence-corrected chi connectivity index (χ0v) is 13.8. The Morgan fingerprint density at radius 2 is 1.91 bits per heavy atom. The van der Waals surface area contributed by atoms with Crippen molar-refractivity contribution in [2.45, 2.75) is 19.4 Å². The lowest BCUT2D eigenvalue weighted by Gasteiger charge is -2.17. The molecule has 0 spiro atoms. The van der Waals surface area contributed by atoms with Crippen molar-refractivity contribution in [3.63, 3.8) is 0 Å². The molecule has 0 saturated heterocycles. The predicted molar refractivity (Wildman–Crippen MR) is 89.4 cm³/mol. The lowest BCUT2D eigenvalue weighted by Crippen LogP contribution is -2.24. The Labute approximate surface area is 141 Å². The summed E-state index contributed by atoms with van der Waals surface area (Å²) in [7, 11) is 1.95. The molecule has 1 heterocycles. The molecule has 0 fully saturated rings. The van der Waals surface area contributed by atoms with Crippen LogP contribution in [0.3, 0.4) is 0 Å². The maximum atomic E-state index is 9.12. The second-order valence-corrected chi connectivity index (χ2v) is 5.93. The van der Waals surface area contributed by atoms with Gasteiger partial charge in [0.05, 0.1) is 24.6 Å². The van der Waals surface area contributed by atoms with E-state index >= 15 is 0 Å². The van der Waals surface area contributed by atoms with Crippen molar-refractivity contribution < 1.29 is 4.42 Å². The Hall–Kier alpha value is -2.27. The molecule has 0 unspecified atom stereocenters. The third-order valence-electron chi connectivity index (χ3n) is 3.54. The standard InChI is InChI=1S/C18H18ClN3O/c1-22(12-14(11-21)3-2-10-20)13-17-8-9-18(23-17)15-4-6-16(19)7-5-15/h4-9,14H,2-3,12-13H2,1H3/t14-/m1/s1. The molecular formula is C18H18ClN3O. The van der Waals surface area contributed by atoms with Gasteiger partial charge in [0.15, 0.2) is 0 Å². The van der Waals surface area contributed by atoms with Gasteiger partial charge < -0.3 is 4.42 Å². The molecule has 0 aliphatic carbocycles. The van der Waals surface area contributed by atoms with Crippen LogP contribution in [0.2, 0.25) is 5.02 Å². The van der Waals surface area contributed by atoms with E-state index in [0.717, 1.165) is 17.1 Å². The first kappa shape index (κ1) is 17.1. The SMILES string of the molecule is CN(Cc1ccc(-c2ccc(Cl)cc2)o1)C[C@@H](C#N)CCC#N. The largest absolute Gasteiger partial charge is 0.460 e. The Bertz CT molecular complexity index is 709. The highest BCUT2D eigenvalue weighted by Gasteiger charge is 2.13. The molecule has 118 valence electrons. The van der Waals surface area contributed by atoms with E-state index in [9.17, 15) is 0 Å². The van der Waals surface area contributed by atoms with Gasteiger partial charge in [-0.2, -0.15) is 10.5 Å². The van der Waals surface area contributed by atoms with Crippen LogP contribution in [0.1, 0.15) is 18.6 Å². The fourth-order valence-corrected chi connectivity index (χ4v) is 2.50. The van der Waals surface area contributed by atoms with Gasteiger partial charge in [0.2, 0.25) is 0 Å². The van der Waals surface area contributed by atoms with Crippen molar-refractivity contribution in [3.8, 4) is 23.5 Å². The van der Waals surface area contributed by atoms with Crippen molar-refractivity contribution in [2.75, 3.05) is 13.6 Å². The minimum atomic E-state index is -0.134. The van der Waals surface area contributed by atoms with Crippen LogP contribution in [0.5, 0.6) is 0 Å². The summed E-state index contributed by atoms with van der Waals surface area (Å²) < 4.78 is 5.86. The minimum absolute atomic E-state index is 0.134. The lowest BCUT2D eigenvalue weighted by atomic mass is 10.1. The second kappa shape index (κ2) is 8.39. The molecule has 0 saturated carbocycles. The van der Waals surface area contributed by atoms with E-state index in [1.807, 2.05) is 48.3 Å². The van der Waals surface area contributed by atoms with Gasteiger partial charge in [-0.05, 0) is 49.9 Å². The maximum Gasteiger partial charge on any atom is 0.134 e. The van der Waals surface area contributed by atoms with Crippen LogP contribution in [0, 0.1) is 28.6 Å². The summed E-state index contributed by atoms with van der Waals surface area (Å²) in [5, 5.41) is 18.4. The van der Waals surface area contributed by atoms with Crippen LogP contribution in [0.15, 0.2) is 40.8 Å². The molecule has 2 rings (SSSR count). The van der Waals surface area contributed by atoms with E-state index in [1.54, 1.807) is 0 Å². The van der Waals surface area contributed by atoms with Crippen molar-refractivity contribution in [1.29, 1.82) is 10.5 Å². The number of halogens is 1. The first-order chi connectivity index (χ1) is 11.1. The molecule has 4 nitrogen and oxygen atoms in total. The fourth-order valence-electron chi connectivity index (χ4n) is 2.37. The van der Waals surface area contributed by atoms with Crippen molar-refractivity contribution in [3.05, 3.63) is 47.2 Å². The van der Waals surface area contributed by atoms with Crippen LogP contribution in [0.25, 0.3) is 11.3 Å². The minimum Gasteiger partial charge on any atom is -0.460 e. The van der Waals surface area contributed by atoms with E-state index in [4.69, 9.17) is 26.5 Å². The first-order valence-corrected chi connectivity index (χ1v) is 7.80. The third-order valence-corrected chi connectivity index (χ3v) is 3.79. The van der Waals surface area contributed by atoms with Crippen molar-refractivity contribution in [2.24, 2.45) is 5.92 Å². The molecule has 2 aromatic rings. The Kier molecular flexibility index (Phi) is 6.23. The van der Waals surface area contributed by atoms with Crippen LogP contribution in [-0.2, 0) is 6.54 Å². The van der Waals surface area contributed by atoms with E-state index in [0.29, 0.717) is 31.0 Å². The summed E-state index contributed by atoms with van der Waals surface area (Å²) in [5.41, 5.74) is 0.979. The van der Waals surface area contributed by atoms with Crippen LogP contribution >= 0.6 is 11.6 Å². The second-order valence-electron chi connectivity index (χ2n) is 5.49. The van der Waals surface area contributed by atoms with Gasteiger partial charge >= 0.3 is 0 Å². The molecule has 0 aliphatic heterocycles. The molecule has 1 aromatic carbocycles. The monoisotopic (exact) mass is 327 g/mol. The molecule has 5 heteroatoms. The quantitative estimate of drug-likeness (QED) is 0.752. The van der Waals surface area contributed by atoms with Crippen LogP contribution < -0.4 is 0 Å². The zero-order chi connectivity index (χ0) is 16.7. The van der Waals surface area contributed by atoms with E-state index < -0.39 is 0 Å². The predicted octanol–water partition coefficient (Wildman–Crippen LogP) is 4.48. The summed E-state index contributed by atoms with van der Waals surface area (Å²) in [6.07, 6.45) is 1.01. The number of furan rings is 1. The molecule has 0 amide bonds. The number of hydrogen-bond donors (Lipinski definition) is 0. The smallest absolute Gasteiger partial charge is 0.134 e. The van der Waals surface area contributed by atoms with E-state index in [1.165, 1.54) is 0 Å². The highest BCUT2D eigenvalue weighted by atomic mass is 35.5. The normalized spacial score (nSPS) is 11.9. The number of hydrogen-bond acceptors (Lipinski definition) is 4. The molecule has 1 aromatic heterocycles.